The van der Waals surface area contributed by atoms with Gasteiger partial charge in [0.05, 0.1) is 6.04 Å². The molecule has 1 fully saturated rings. The van der Waals surface area contributed by atoms with Crippen LogP contribution in [-0.4, -0.2) is 53.0 Å². The van der Waals surface area contributed by atoms with E-state index >= 15 is 0 Å². The van der Waals surface area contributed by atoms with E-state index in [4.69, 9.17) is 5.73 Å². The Hall–Kier alpha value is -2.47. The van der Waals surface area contributed by atoms with Crippen LogP contribution in [0.4, 0.5) is 5.82 Å². The highest BCUT2D eigenvalue weighted by Crippen LogP contribution is 2.19. The summed E-state index contributed by atoms with van der Waals surface area (Å²) in [5.41, 5.74) is 6.39. The molecule has 1 aliphatic heterocycles. The van der Waals surface area contributed by atoms with E-state index in [1.54, 1.807) is 6.20 Å². The van der Waals surface area contributed by atoms with Crippen molar-refractivity contribution in [1.82, 2.24) is 14.9 Å². The Labute approximate surface area is 135 Å². The molecule has 1 aromatic heterocycles. The van der Waals surface area contributed by atoms with Gasteiger partial charge in [0, 0.05) is 37.9 Å². The zero-order chi connectivity index (χ0) is 16.2. The molecule has 6 heteroatoms. The number of rotatable bonds is 4. The quantitative estimate of drug-likeness (QED) is 0.916. The Morgan fingerprint density at radius 2 is 1.83 bits per heavy atom. The van der Waals surface area contributed by atoms with Crippen molar-refractivity contribution in [3.63, 3.8) is 0 Å². The number of primary amides is 1. The molecule has 0 aliphatic carbocycles. The van der Waals surface area contributed by atoms with Crippen LogP contribution < -0.4 is 10.6 Å². The monoisotopic (exact) mass is 311 g/mol. The van der Waals surface area contributed by atoms with Gasteiger partial charge in [0.15, 0.2) is 5.82 Å². The predicted octanol–water partition coefficient (Wildman–Crippen LogP) is 1.14. The fourth-order valence-electron chi connectivity index (χ4n) is 2.77. The van der Waals surface area contributed by atoms with E-state index in [0.717, 1.165) is 43.4 Å². The van der Waals surface area contributed by atoms with Crippen molar-refractivity contribution in [2.45, 2.75) is 13.0 Å². The van der Waals surface area contributed by atoms with Gasteiger partial charge in [-0.1, -0.05) is 30.3 Å². The minimum absolute atomic E-state index is 0.220. The van der Waals surface area contributed by atoms with Crippen LogP contribution in [0.2, 0.25) is 0 Å². The molecule has 2 N–H and O–H groups in total. The molecule has 0 unspecified atom stereocenters. The zero-order valence-corrected chi connectivity index (χ0v) is 13.2. The summed E-state index contributed by atoms with van der Waals surface area (Å²) in [6, 6.07) is 11.7. The lowest BCUT2D eigenvalue weighted by Gasteiger charge is -2.37. The average Bonchev–Trinajstić information content (AvgIpc) is 2.62. The highest BCUT2D eigenvalue weighted by molar-refractivity contribution is 5.79. The lowest BCUT2D eigenvalue weighted by molar-refractivity contribution is -0.122. The van der Waals surface area contributed by atoms with E-state index in [1.165, 1.54) is 0 Å². The van der Waals surface area contributed by atoms with Crippen molar-refractivity contribution in [3.8, 4) is 11.4 Å². The fourth-order valence-corrected chi connectivity index (χ4v) is 2.77. The summed E-state index contributed by atoms with van der Waals surface area (Å²) in [6.45, 7) is 5.10. The molecule has 1 atom stereocenters. The molecule has 3 rings (SSSR count). The van der Waals surface area contributed by atoms with E-state index in [0.29, 0.717) is 0 Å². The van der Waals surface area contributed by atoms with Crippen LogP contribution in [-0.2, 0) is 4.79 Å². The number of piperazine rings is 1. The van der Waals surface area contributed by atoms with Crippen LogP contribution in [0, 0.1) is 0 Å². The molecule has 120 valence electrons. The second kappa shape index (κ2) is 6.75. The second-order valence-electron chi connectivity index (χ2n) is 5.71. The van der Waals surface area contributed by atoms with E-state index in [-0.39, 0.29) is 11.9 Å². The first-order chi connectivity index (χ1) is 11.1. The van der Waals surface area contributed by atoms with Crippen LogP contribution >= 0.6 is 0 Å². The molecule has 0 saturated carbocycles. The Kier molecular flexibility index (Phi) is 4.52. The first-order valence-electron chi connectivity index (χ1n) is 7.82. The maximum atomic E-state index is 11.3. The highest BCUT2D eigenvalue weighted by atomic mass is 16.1. The van der Waals surface area contributed by atoms with Gasteiger partial charge in [0.2, 0.25) is 5.91 Å². The van der Waals surface area contributed by atoms with Crippen molar-refractivity contribution in [3.05, 3.63) is 42.6 Å². The smallest absolute Gasteiger partial charge is 0.234 e. The van der Waals surface area contributed by atoms with Crippen LogP contribution in [0.1, 0.15) is 6.92 Å². The average molecular weight is 311 g/mol. The number of benzene rings is 1. The van der Waals surface area contributed by atoms with Crippen molar-refractivity contribution in [2.75, 3.05) is 31.1 Å². The molecule has 1 aromatic carbocycles. The summed E-state index contributed by atoms with van der Waals surface area (Å²) < 4.78 is 0. The molecule has 1 saturated heterocycles. The number of nitrogens with two attached hydrogens (primary N) is 1. The number of carbonyl (C=O) groups excluding carboxylic acids is 1. The zero-order valence-electron chi connectivity index (χ0n) is 13.2. The van der Waals surface area contributed by atoms with Crippen LogP contribution in [0.25, 0.3) is 11.4 Å². The number of nitrogens with zero attached hydrogens (tertiary/aromatic N) is 4. The summed E-state index contributed by atoms with van der Waals surface area (Å²) in [4.78, 5) is 24.7. The van der Waals surface area contributed by atoms with Gasteiger partial charge in [-0.25, -0.2) is 9.97 Å². The van der Waals surface area contributed by atoms with Crippen molar-refractivity contribution >= 4 is 11.7 Å². The van der Waals surface area contributed by atoms with Crippen LogP contribution in [0.15, 0.2) is 42.6 Å². The van der Waals surface area contributed by atoms with Gasteiger partial charge in [-0.15, -0.1) is 0 Å². The van der Waals surface area contributed by atoms with Gasteiger partial charge in [0.25, 0.3) is 0 Å². The van der Waals surface area contributed by atoms with Crippen molar-refractivity contribution < 1.29 is 4.79 Å². The molecule has 0 bridgehead atoms. The third-order valence-corrected chi connectivity index (χ3v) is 4.27. The first kappa shape index (κ1) is 15.4. The van der Waals surface area contributed by atoms with E-state index < -0.39 is 0 Å². The summed E-state index contributed by atoms with van der Waals surface area (Å²) >= 11 is 0. The number of hydrogen-bond donors (Lipinski definition) is 1. The minimum Gasteiger partial charge on any atom is -0.368 e. The van der Waals surface area contributed by atoms with Crippen LogP contribution in [0.3, 0.4) is 0 Å². The number of carbonyl (C=O) groups is 1. The number of hydrogen-bond acceptors (Lipinski definition) is 5. The Morgan fingerprint density at radius 3 is 2.48 bits per heavy atom. The van der Waals surface area contributed by atoms with Gasteiger partial charge < -0.3 is 10.6 Å². The van der Waals surface area contributed by atoms with Gasteiger partial charge >= 0.3 is 0 Å². The maximum Gasteiger partial charge on any atom is 0.234 e. The van der Waals surface area contributed by atoms with Crippen LogP contribution in [0.5, 0.6) is 0 Å². The fraction of sp³-hybridized carbons (Fsp3) is 0.353. The first-order valence-corrected chi connectivity index (χ1v) is 7.82. The SMILES string of the molecule is C[C@@H](C(N)=O)N1CCN(c2ccnc(-c3ccccc3)n2)CC1. The molecule has 1 aliphatic rings. The molecule has 6 nitrogen and oxygen atoms in total. The van der Waals surface area contributed by atoms with E-state index in [1.807, 2.05) is 43.3 Å². The topological polar surface area (TPSA) is 75.4 Å². The standard InChI is InChI=1S/C17H21N5O/c1-13(16(18)23)21-9-11-22(12-10-21)15-7-8-19-17(20-15)14-5-3-2-4-6-14/h2-8,13H,9-12H2,1H3,(H2,18,23)/t13-/m0/s1. The molecule has 23 heavy (non-hydrogen) atoms. The molecule has 1 amide bonds. The Balaban J connectivity index is 1.71. The van der Waals surface area contributed by atoms with Gasteiger partial charge in [-0.05, 0) is 13.0 Å². The van der Waals surface area contributed by atoms with Crippen molar-refractivity contribution in [1.29, 1.82) is 0 Å². The molecule has 2 heterocycles. The van der Waals surface area contributed by atoms with Gasteiger partial charge in [0.1, 0.15) is 5.82 Å². The third-order valence-electron chi connectivity index (χ3n) is 4.27. The summed E-state index contributed by atoms with van der Waals surface area (Å²) in [7, 11) is 0. The summed E-state index contributed by atoms with van der Waals surface area (Å²) in [5.74, 6) is 1.38. The minimum atomic E-state index is -0.271. The second-order valence-corrected chi connectivity index (χ2v) is 5.71. The third kappa shape index (κ3) is 3.48. The van der Waals surface area contributed by atoms with E-state index in [2.05, 4.69) is 19.8 Å². The molecule has 0 radical (unpaired) electrons. The largest absolute Gasteiger partial charge is 0.368 e. The molecular weight excluding hydrogens is 290 g/mol. The highest BCUT2D eigenvalue weighted by Gasteiger charge is 2.24. The Morgan fingerprint density at radius 1 is 1.13 bits per heavy atom. The predicted molar refractivity (Wildman–Crippen MR) is 89.9 cm³/mol. The number of amides is 1. The molecular formula is C17H21N5O. The lowest BCUT2D eigenvalue weighted by atomic mass is 10.2. The maximum absolute atomic E-state index is 11.3. The molecule has 2 aromatic rings. The summed E-state index contributed by atoms with van der Waals surface area (Å²) in [5, 5.41) is 0. The lowest BCUT2D eigenvalue weighted by Crippen LogP contribution is -2.53. The van der Waals surface area contributed by atoms with Crippen molar-refractivity contribution in [2.24, 2.45) is 5.73 Å². The molecule has 0 spiro atoms. The number of anilines is 1. The normalized spacial score (nSPS) is 17.0. The summed E-state index contributed by atoms with van der Waals surface area (Å²) in [6.07, 6.45) is 1.79. The number of aromatic nitrogens is 2. The van der Waals surface area contributed by atoms with E-state index in [9.17, 15) is 4.79 Å². The van der Waals surface area contributed by atoms with Gasteiger partial charge in [-0.2, -0.15) is 0 Å². The van der Waals surface area contributed by atoms with Gasteiger partial charge in [-0.3, -0.25) is 9.69 Å². The Bertz CT molecular complexity index is 668.